The van der Waals surface area contributed by atoms with Gasteiger partial charge in [-0.25, -0.2) is 0 Å². The van der Waals surface area contributed by atoms with Gasteiger partial charge in [-0.3, -0.25) is 14.9 Å². The molecule has 7 heteroatoms. The maximum atomic E-state index is 11.9. The molecule has 0 atom stereocenters. The number of amides is 1. The molecular weight excluding hydrogens is 260 g/mol. The Bertz CT molecular complexity index is 552. The summed E-state index contributed by atoms with van der Waals surface area (Å²) in [5, 5.41) is 9.47. The number of pyridine rings is 1. The van der Waals surface area contributed by atoms with Gasteiger partial charge in [0.15, 0.2) is 6.29 Å². The first-order valence-electron chi connectivity index (χ1n) is 6.04. The average molecular weight is 276 g/mol. The molecule has 2 aromatic rings. The number of nitrogens with zero attached hydrogens (tertiary/aromatic N) is 2. The molecule has 2 rings (SSSR count). The molecule has 2 aromatic heterocycles. The number of hydrogen-bond acceptors (Lipinski definition) is 5. The van der Waals surface area contributed by atoms with Crippen molar-refractivity contribution in [2.75, 3.05) is 20.8 Å². The van der Waals surface area contributed by atoms with Crippen LogP contribution in [0.2, 0.25) is 0 Å². The Kier molecular flexibility index (Phi) is 4.80. The molecule has 0 bridgehead atoms. The largest absolute Gasteiger partial charge is 0.354 e. The molecule has 0 spiro atoms. The van der Waals surface area contributed by atoms with E-state index in [2.05, 4.69) is 20.5 Å². The van der Waals surface area contributed by atoms with Gasteiger partial charge in [0, 0.05) is 32.2 Å². The smallest absolute Gasteiger partial charge is 0.269 e. The van der Waals surface area contributed by atoms with Crippen LogP contribution < -0.4 is 5.32 Å². The van der Waals surface area contributed by atoms with Crippen molar-refractivity contribution in [2.45, 2.75) is 6.29 Å². The second kappa shape index (κ2) is 6.78. The summed E-state index contributed by atoms with van der Waals surface area (Å²) < 4.78 is 9.98. The fraction of sp³-hybridized carbons (Fsp3) is 0.308. The van der Waals surface area contributed by atoms with Crippen LogP contribution in [0.1, 0.15) is 10.5 Å². The van der Waals surface area contributed by atoms with Crippen molar-refractivity contribution in [1.29, 1.82) is 0 Å². The van der Waals surface area contributed by atoms with E-state index in [4.69, 9.17) is 9.47 Å². The lowest BCUT2D eigenvalue weighted by Crippen LogP contribution is -2.34. The van der Waals surface area contributed by atoms with E-state index < -0.39 is 6.29 Å². The number of carbonyl (C=O) groups excluding carboxylic acids is 1. The Morgan fingerprint density at radius 2 is 2.25 bits per heavy atom. The molecule has 2 N–H and O–H groups in total. The highest BCUT2D eigenvalue weighted by molar-refractivity contribution is 5.93. The highest BCUT2D eigenvalue weighted by Crippen LogP contribution is 2.15. The van der Waals surface area contributed by atoms with Crippen LogP contribution in [0.25, 0.3) is 11.3 Å². The molecule has 20 heavy (non-hydrogen) atoms. The number of aromatic amines is 1. The van der Waals surface area contributed by atoms with Crippen LogP contribution in [0.3, 0.4) is 0 Å². The summed E-state index contributed by atoms with van der Waals surface area (Å²) in [4.78, 5) is 15.9. The lowest BCUT2D eigenvalue weighted by molar-refractivity contribution is -0.0974. The van der Waals surface area contributed by atoms with Crippen LogP contribution in [-0.2, 0) is 9.47 Å². The maximum absolute atomic E-state index is 11.9. The lowest BCUT2D eigenvalue weighted by atomic mass is 10.2. The summed E-state index contributed by atoms with van der Waals surface area (Å²) in [5.74, 6) is -0.272. The van der Waals surface area contributed by atoms with Gasteiger partial charge >= 0.3 is 0 Å². The number of aromatic nitrogens is 3. The van der Waals surface area contributed by atoms with Crippen molar-refractivity contribution < 1.29 is 14.3 Å². The second-order valence-corrected chi connectivity index (χ2v) is 4.02. The zero-order chi connectivity index (χ0) is 14.4. The van der Waals surface area contributed by atoms with Crippen molar-refractivity contribution in [3.05, 3.63) is 36.3 Å². The minimum atomic E-state index is -0.473. The van der Waals surface area contributed by atoms with Crippen molar-refractivity contribution in [1.82, 2.24) is 20.5 Å². The predicted octanol–water partition coefficient (Wildman–Crippen LogP) is 0.820. The lowest BCUT2D eigenvalue weighted by Gasteiger charge is -2.13. The van der Waals surface area contributed by atoms with Gasteiger partial charge in [-0.2, -0.15) is 5.10 Å². The Balaban J connectivity index is 2.00. The molecule has 106 valence electrons. The Hall–Kier alpha value is -2.25. The predicted molar refractivity (Wildman–Crippen MR) is 72.0 cm³/mol. The Morgan fingerprint density at radius 1 is 1.45 bits per heavy atom. The summed E-state index contributed by atoms with van der Waals surface area (Å²) in [6.45, 7) is 0.257. The quantitative estimate of drug-likeness (QED) is 0.762. The van der Waals surface area contributed by atoms with Gasteiger partial charge in [0.1, 0.15) is 5.69 Å². The van der Waals surface area contributed by atoms with Gasteiger partial charge in [0.25, 0.3) is 5.91 Å². The van der Waals surface area contributed by atoms with Crippen LogP contribution in [0, 0.1) is 0 Å². The fourth-order valence-corrected chi connectivity index (χ4v) is 1.63. The van der Waals surface area contributed by atoms with Crippen molar-refractivity contribution >= 4 is 5.91 Å². The van der Waals surface area contributed by atoms with Gasteiger partial charge in [-0.1, -0.05) is 0 Å². The molecule has 2 heterocycles. The third kappa shape index (κ3) is 3.40. The monoisotopic (exact) mass is 276 g/mol. The minimum Gasteiger partial charge on any atom is -0.354 e. The molecule has 0 aliphatic heterocycles. The second-order valence-electron chi connectivity index (χ2n) is 4.02. The molecule has 0 aliphatic carbocycles. The van der Waals surface area contributed by atoms with Gasteiger partial charge < -0.3 is 14.8 Å². The number of ether oxygens (including phenoxy) is 2. The molecule has 0 aliphatic rings. The van der Waals surface area contributed by atoms with Crippen molar-refractivity contribution in [2.24, 2.45) is 0 Å². The molecule has 0 radical (unpaired) electrons. The normalized spacial score (nSPS) is 10.8. The number of methoxy groups -OCH3 is 2. The highest BCUT2D eigenvalue weighted by Gasteiger charge is 2.13. The Morgan fingerprint density at radius 3 is 2.90 bits per heavy atom. The number of rotatable bonds is 6. The molecule has 0 saturated carbocycles. The molecule has 0 aromatic carbocycles. The first-order chi connectivity index (χ1) is 9.74. The topological polar surface area (TPSA) is 89.1 Å². The van der Waals surface area contributed by atoms with Crippen molar-refractivity contribution in [3.8, 4) is 11.3 Å². The minimum absolute atomic E-state index is 0.257. The Labute approximate surface area is 116 Å². The molecule has 7 nitrogen and oxygen atoms in total. The van der Waals surface area contributed by atoms with E-state index in [1.165, 1.54) is 14.2 Å². The SMILES string of the molecule is COC(CNC(=O)c1cc(-c2cccnc2)n[nH]1)OC. The molecule has 0 saturated heterocycles. The van der Waals surface area contributed by atoms with Gasteiger partial charge in [0.2, 0.25) is 0 Å². The average Bonchev–Trinajstić information content (AvgIpc) is 2.99. The zero-order valence-electron chi connectivity index (χ0n) is 11.3. The summed E-state index contributed by atoms with van der Waals surface area (Å²) in [7, 11) is 3.02. The first-order valence-corrected chi connectivity index (χ1v) is 6.04. The summed E-state index contributed by atoms with van der Waals surface area (Å²) >= 11 is 0. The summed E-state index contributed by atoms with van der Waals surface area (Å²) in [5.41, 5.74) is 1.88. The standard InChI is InChI=1S/C13H16N4O3/c1-19-12(20-2)8-15-13(18)11-6-10(16-17-11)9-4-3-5-14-7-9/h3-7,12H,8H2,1-2H3,(H,15,18)(H,16,17). The van der Waals surface area contributed by atoms with E-state index in [0.29, 0.717) is 11.4 Å². The fourth-order valence-electron chi connectivity index (χ4n) is 1.63. The molecule has 0 fully saturated rings. The van der Waals surface area contributed by atoms with Crippen LogP contribution >= 0.6 is 0 Å². The van der Waals surface area contributed by atoms with E-state index in [9.17, 15) is 4.79 Å². The van der Waals surface area contributed by atoms with E-state index >= 15 is 0 Å². The number of nitrogens with one attached hydrogen (secondary N) is 2. The van der Waals surface area contributed by atoms with Crippen LogP contribution in [0.5, 0.6) is 0 Å². The number of hydrogen-bond donors (Lipinski definition) is 2. The summed E-state index contributed by atoms with van der Waals surface area (Å²) in [6, 6.07) is 5.35. The van der Waals surface area contributed by atoms with Crippen molar-refractivity contribution in [3.63, 3.8) is 0 Å². The van der Waals surface area contributed by atoms with Gasteiger partial charge in [-0.15, -0.1) is 0 Å². The van der Waals surface area contributed by atoms with Gasteiger partial charge in [0.05, 0.1) is 12.2 Å². The number of carbonyl (C=O) groups is 1. The zero-order valence-corrected chi connectivity index (χ0v) is 11.3. The van der Waals surface area contributed by atoms with E-state index in [-0.39, 0.29) is 12.5 Å². The van der Waals surface area contributed by atoms with E-state index in [1.54, 1.807) is 18.5 Å². The maximum Gasteiger partial charge on any atom is 0.269 e. The van der Waals surface area contributed by atoms with Crippen LogP contribution in [0.4, 0.5) is 0 Å². The molecule has 1 amide bonds. The molecular formula is C13H16N4O3. The van der Waals surface area contributed by atoms with Gasteiger partial charge in [-0.05, 0) is 18.2 Å². The first kappa shape index (κ1) is 14.2. The summed E-state index contributed by atoms with van der Waals surface area (Å²) in [6.07, 6.45) is 2.89. The highest BCUT2D eigenvalue weighted by atomic mass is 16.7. The molecule has 0 unspecified atom stereocenters. The van der Waals surface area contributed by atoms with E-state index in [1.807, 2.05) is 12.1 Å². The van der Waals surface area contributed by atoms with Crippen LogP contribution in [0.15, 0.2) is 30.6 Å². The third-order valence-corrected chi connectivity index (χ3v) is 2.73. The van der Waals surface area contributed by atoms with Crippen LogP contribution in [-0.4, -0.2) is 48.1 Å². The third-order valence-electron chi connectivity index (χ3n) is 2.73. The number of H-pyrrole nitrogens is 1. The van der Waals surface area contributed by atoms with E-state index in [0.717, 1.165) is 5.56 Å².